The molecule has 23 heavy (non-hydrogen) atoms. The van der Waals surface area contributed by atoms with Gasteiger partial charge in [0.05, 0.1) is 5.69 Å². The van der Waals surface area contributed by atoms with E-state index in [0.717, 1.165) is 30.2 Å². The standard InChI is InChI=1S/C18H24N2O3/c1-12-15(23-17(20-12)18(2,3)4)9-6-10-19-16(22)13-7-5-8-14(21)11-13/h5,7-8,11,21H,6,9-10H2,1-4H3,(H,19,22). The summed E-state index contributed by atoms with van der Waals surface area (Å²) in [5, 5.41) is 12.2. The second-order valence-corrected chi connectivity index (χ2v) is 6.69. The predicted octanol–water partition coefficient (Wildman–Crippen LogP) is 3.35. The molecule has 0 bridgehead atoms. The fourth-order valence-electron chi connectivity index (χ4n) is 2.18. The van der Waals surface area contributed by atoms with Crippen LogP contribution in [0.4, 0.5) is 0 Å². The van der Waals surface area contributed by atoms with Crippen LogP contribution in [0.2, 0.25) is 0 Å². The number of amides is 1. The van der Waals surface area contributed by atoms with E-state index in [2.05, 4.69) is 31.1 Å². The van der Waals surface area contributed by atoms with E-state index in [9.17, 15) is 9.90 Å². The van der Waals surface area contributed by atoms with Crippen LogP contribution in [0.3, 0.4) is 0 Å². The average molecular weight is 316 g/mol. The van der Waals surface area contributed by atoms with Crippen LogP contribution < -0.4 is 5.32 Å². The molecule has 124 valence electrons. The van der Waals surface area contributed by atoms with E-state index in [1.165, 1.54) is 12.1 Å². The minimum Gasteiger partial charge on any atom is -0.508 e. The average Bonchev–Trinajstić information content (AvgIpc) is 2.85. The molecule has 0 saturated heterocycles. The van der Waals surface area contributed by atoms with E-state index in [4.69, 9.17) is 4.42 Å². The Labute approximate surface area is 136 Å². The highest BCUT2D eigenvalue weighted by atomic mass is 16.4. The van der Waals surface area contributed by atoms with Gasteiger partial charge in [0.25, 0.3) is 5.91 Å². The maximum atomic E-state index is 12.0. The van der Waals surface area contributed by atoms with Gasteiger partial charge in [0.15, 0.2) is 5.89 Å². The Morgan fingerprint density at radius 3 is 2.70 bits per heavy atom. The molecule has 1 aromatic carbocycles. The van der Waals surface area contributed by atoms with Gasteiger partial charge in [0.1, 0.15) is 11.5 Å². The second kappa shape index (κ2) is 6.86. The van der Waals surface area contributed by atoms with Gasteiger partial charge in [-0.05, 0) is 31.5 Å². The molecule has 5 heteroatoms. The number of aromatic hydroxyl groups is 1. The fourth-order valence-corrected chi connectivity index (χ4v) is 2.18. The lowest BCUT2D eigenvalue weighted by Crippen LogP contribution is -2.24. The number of hydrogen-bond acceptors (Lipinski definition) is 4. The number of oxazole rings is 1. The summed E-state index contributed by atoms with van der Waals surface area (Å²) in [6.45, 7) is 8.69. The molecule has 5 nitrogen and oxygen atoms in total. The number of carbonyl (C=O) groups is 1. The first kappa shape index (κ1) is 17.1. The van der Waals surface area contributed by atoms with Crippen LogP contribution >= 0.6 is 0 Å². The number of phenols is 1. The highest BCUT2D eigenvalue weighted by molar-refractivity contribution is 5.94. The van der Waals surface area contributed by atoms with E-state index in [0.29, 0.717) is 12.1 Å². The number of carbonyl (C=O) groups excluding carboxylic acids is 1. The number of aromatic nitrogens is 1. The van der Waals surface area contributed by atoms with E-state index in [1.54, 1.807) is 12.1 Å². The van der Waals surface area contributed by atoms with E-state index in [1.807, 2.05) is 6.92 Å². The summed E-state index contributed by atoms with van der Waals surface area (Å²) in [7, 11) is 0. The van der Waals surface area contributed by atoms with Crippen molar-refractivity contribution < 1.29 is 14.3 Å². The lowest BCUT2D eigenvalue weighted by Gasteiger charge is -2.12. The number of hydrogen-bond donors (Lipinski definition) is 2. The van der Waals surface area contributed by atoms with Gasteiger partial charge in [0, 0.05) is 23.9 Å². The van der Waals surface area contributed by atoms with Gasteiger partial charge in [-0.1, -0.05) is 26.8 Å². The molecule has 1 aromatic heterocycles. The van der Waals surface area contributed by atoms with E-state index in [-0.39, 0.29) is 17.1 Å². The summed E-state index contributed by atoms with van der Waals surface area (Å²) in [6, 6.07) is 6.31. The van der Waals surface area contributed by atoms with Crippen LogP contribution in [-0.4, -0.2) is 22.5 Å². The minimum atomic E-state index is -0.189. The van der Waals surface area contributed by atoms with Gasteiger partial charge < -0.3 is 14.8 Å². The molecule has 2 N–H and O–H groups in total. The predicted molar refractivity (Wildman–Crippen MR) is 88.7 cm³/mol. The molecular formula is C18H24N2O3. The molecule has 2 aromatic rings. The molecule has 0 aliphatic carbocycles. The smallest absolute Gasteiger partial charge is 0.251 e. The molecule has 0 aliphatic rings. The molecule has 0 saturated carbocycles. The van der Waals surface area contributed by atoms with Crippen molar-refractivity contribution in [1.82, 2.24) is 10.3 Å². The maximum absolute atomic E-state index is 12.0. The fraction of sp³-hybridized carbons (Fsp3) is 0.444. The molecule has 2 rings (SSSR count). The monoisotopic (exact) mass is 316 g/mol. The third-order valence-electron chi connectivity index (χ3n) is 3.51. The zero-order chi connectivity index (χ0) is 17.0. The number of nitrogens with one attached hydrogen (secondary N) is 1. The van der Waals surface area contributed by atoms with Crippen molar-refractivity contribution in [3.05, 3.63) is 47.2 Å². The summed E-state index contributed by atoms with van der Waals surface area (Å²) in [4.78, 5) is 16.4. The first-order chi connectivity index (χ1) is 10.8. The third-order valence-corrected chi connectivity index (χ3v) is 3.51. The third kappa shape index (κ3) is 4.58. The Bertz CT molecular complexity index is 684. The Kier molecular flexibility index (Phi) is 5.08. The van der Waals surface area contributed by atoms with Crippen LogP contribution in [0, 0.1) is 6.92 Å². The molecule has 0 aliphatic heterocycles. The number of phenolic OH excluding ortho intramolecular Hbond substituents is 1. The summed E-state index contributed by atoms with van der Waals surface area (Å²) < 4.78 is 5.83. The first-order valence-electron chi connectivity index (χ1n) is 7.81. The molecule has 1 amide bonds. The maximum Gasteiger partial charge on any atom is 0.251 e. The Hall–Kier alpha value is -2.30. The van der Waals surface area contributed by atoms with Crippen LogP contribution in [0.1, 0.15) is 54.9 Å². The van der Waals surface area contributed by atoms with Gasteiger partial charge >= 0.3 is 0 Å². The summed E-state index contributed by atoms with van der Waals surface area (Å²) in [5.74, 6) is 1.52. The zero-order valence-corrected chi connectivity index (χ0v) is 14.1. The van der Waals surface area contributed by atoms with Crippen molar-refractivity contribution in [2.75, 3.05) is 6.54 Å². The number of nitrogens with zero attached hydrogens (tertiary/aromatic N) is 1. The number of benzene rings is 1. The van der Waals surface area contributed by atoms with Gasteiger partial charge in [-0.25, -0.2) is 4.98 Å². The van der Waals surface area contributed by atoms with Crippen molar-refractivity contribution in [3.63, 3.8) is 0 Å². The van der Waals surface area contributed by atoms with Crippen LogP contribution in [0.25, 0.3) is 0 Å². The Balaban J connectivity index is 1.84. The molecular weight excluding hydrogens is 292 g/mol. The number of rotatable bonds is 5. The van der Waals surface area contributed by atoms with Gasteiger partial charge in [0.2, 0.25) is 0 Å². The van der Waals surface area contributed by atoms with Gasteiger partial charge in [-0.3, -0.25) is 4.79 Å². The van der Waals surface area contributed by atoms with Gasteiger partial charge in [-0.15, -0.1) is 0 Å². The lowest BCUT2D eigenvalue weighted by molar-refractivity contribution is 0.0952. The van der Waals surface area contributed by atoms with Crippen molar-refractivity contribution in [2.24, 2.45) is 0 Å². The minimum absolute atomic E-state index is 0.0876. The van der Waals surface area contributed by atoms with Crippen molar-refractivity contribution in [2.45, 2.75) is 46.0 Å². The van der Waals surface area contributed by atoms with E-state index < -0.39 is 0 Å². The van der Waals surface area contributed by atoms with Crippen molar-refractivity contribution in [3.8, 4) is 5.75 Å². The molecule has 0 unspecified atom stereocenters. The highest BCUT2D eigenvalue weighted by Crippen LogP contribution is 2.24. The van der Waals surface area contributed by atoms with E-state index >= 15 is 0 Å². The van der Waals surface area contributed by atoms with Crippen LogP contribution in [-0.2, 0) is 11.8 Å². The Morgan fingerprint density at radius 1 is 1.35 bits per heavy atom. The largest absolute Gasteiger partial charge is 0.508 e. The summed E-state index contributed by atoms with van der Waals surface area (Å²) >= 11 is 0. The Morgan fingerprint density at radius 2 is 2.09 bits per heavy atom. The first-order valence-corrected chi connectivity index (χ1v) is 7.81. The topological polar surface area (TPSA) is 75.4 Å². The van der Waals surface area contributed by atoms with Gasteiger partial charge in [-0.2, -0.15) is 0 Å². The molecule has 0 atom stereocenters. The molecule has 0 fully saturated rings. The summed E-state index contributed by atoms with van der Waals surface area (Å²) in [6.07, 6.45) is 1.50. The quantitative estimate of drug-likeness (QED) is 0.830. The van der Waals surface area contributed by atoms with Crippen molar-refractivity contribution in [1.29, 1.82) is 0 Å². The van der Waals surface area contributed by atoms with Crippen LogP contribution in [0.5, 0.6) is 5.75 Å². The summed E-state index contributed by atoms with van der Waals surface area (Å²) in [5.41, 5.74) is 1.26. The normalized spacial score (nSPS) is 11.5. The van der Waals surface area contributed by atoms with Crippen LogP contribution in [0.15, 0.2) is 28.7 Å². The lowest BCUT2D eigenvalue weighted by atomic mass is 9.97. The molecule has 0 spiro atoms. The molecule has 1 heterocycles. The molecule has 0 radical (unpaired) electrons. The SMILES string of the molecule is Cc1nc(C(C)(C)C)oc1CCCNC(=O)c1cccc(O)c1. The number of aryl methyl sites for hydroxylation is 2. The highest BCUT2D eigenvalue weighted by Gasteiger charge is 2.22. The second-order valence-electron chi connectivity index (χ2n) is 6.69. The zero-order valence-electron chi connectivity index (χ0n) is 14.1. The van der Waals surface area contributed by atoms with Crippen molar-refractivity contribution >= 4 is 5.91 Å².